The van der Waals surface area contributed by atoms with Crippen LogP contribution < -0.4 is 5.32 Å². The first-order valence-corrected chi connectivity index (χ1v) is 18.2. The van der Waals surface area contributed by atoms with Crippen LogP contribution in [0, 0.1) is 11.8 Å². The Morgan fingerprint density at radius 3 is 2.03 bits per heavy atom. The van der Waals surface area contributed by atoms with Crippen LogP contribution in [0.3, 0.4) is 0 Å². The first-order chi connectivity index (χ1) is 19.1. The number of aryl methyl sites for hydroxylation is 1. The van der Waals surface area contributed by atoms with Gasteiger partial charge in [-0.3, -0.25) is 4.98 Å². The lowest BCUT2D eigenvalue weighted by molar-refractivity contribution is 0.126. The Kier molecular flexibility index (Phi) is 19.1. The van der Waals surface area contributed by atoms with E-state index in [4.69, 9.17) is 4.74 Å². The minimum atomic E-state index is -0.347. The highest BCUT2D eigenvalue weighted by Crippen LogP contribution is 2.19. The Morgan fingerprint density at radius 2 is 1.36 bits per heavy atom. The number of aromatic nitrogens is 3. The Morgan fingerprint density at radius 1 is 0.692 bits per heavy atom. The number of nitrogens with zero attached hydrogens (tertiary/aromatic N) is 3. The average molecular weight is 554 g/mol. The molecular weight excluding hydrogens is 494 g/mol. The van der Waals surface area contributed by atoms with E-state index in [1.165, 1.54) is 94.8 Å². The molecule has 4 nitrogen and oxygen atoms in total. The van der Waals surface area contributed by atoms with Crippen LogP contribution in [0.15, 0.2) is 30.5 Å². The molecule has 2 rings (SSSR count). The van der Waals surface area contributed by atoms with Gasteiger partial charge < -0.3 is 4.74 Å². The largest absolute Gasteiger partial charge is 0.381 e. The predicted molar refractivity (Wildman–Crippen MR) is 172 cm³/mol. The second-order valence-electron chi connectivity index (χ2n) is 12.0. The van der Waals surface area contributed by atoms with Crippen molar-refractivity contribution in [1.29, 1.82) is 0 Å². The topological polar surface area (TPSA) is 47.9 Å². The van der Waals surface area contributed by atoms with Crippen molar-refractivity contribution in [2.24, 2.45) is 11.8 Å². The van der Waals surface area contributed by atoms with Gasteiger partial charge in [0.2, 0.25) is 0 Å². The molecule has 2 atom stereocenters. The van der Waals surface area contributed by atoms with E-state index >= 15 is 0 Å². The van der Waals surface area contributed by atoms with E-state index in [0.29, 0.717) is 0 Å². The smallest absolute Gasteiger partial charge is 0.0944 e. The summed E-state index contributed by atoms with van der Waals surface area (Å²) in [7, 11) is -0.347. The summed E-state index contributed by atoms with van der Waals surface area (Å²) in [6.45, 7) is 11.2. The minimum Gasteiger partial charge on any atom is -0.381 e. The second kappa shape index (κ2) is 22.1. The molecule has 0 radical (unpaired) electrons. The van der Waals surface area contributed by atoms with Gasteiger partial charge in [-0.25, -0.2) is 0 Å². The summed E-state index contributed by atoms with van der Waals surface area (Å²) in [5.41, 5.74) is 3.14. The fourth-order valence-electron chi connectivity index (χ4n) is 5.20. The van der Waals surface area contributed by atoms with Crippen LogP contribution in [0.5, 0.6) is 0 Å². The van der Waals surface area contributed by atoms with Crippen molar-refractivity contribution in [2.45, 2.75) is 136 Å². The standard InChI is InChI=1S/C34H59N3OSi/c1-5-7-9-15-25-38-26-16-14-20-32-22-21-31(27-35-32)33-23-24-34(37-36-33)39-28-30(4)19-13-10-12-18-29(3)17-11-8-6-2/h21-24,27,29-30H,5-20,25-26,28,39H2,1-4H3. The van der Waals surface area contributed by atoms with Gasteiger partial charge in [0.05, 0.1) is 15.2 Å². The zero-order valence-corrected chi connectivity index (χ0v) is 27.3. The quantitative estimate of drug-likeness (QED) is 0.0966. The molecule has 0 aliphatic carbocycles. The summed E-state index contributed by atoms with van der Waals surface area (Å²) < 4.78 is 5.75. The lowest BCUT2D eigenvalue weighted by atomic mass is 9.96. The highest BCUT2D eigenvalue weighted by Gasteiger charge is 2.08. The highest BCUT2D eigenvalue weighted by molar-refractivity contribution is 6.52. The third-order valence-electron chi connectivity index (χ3n) is 8.04. The molecule has 0 saturated carbocycles. The number of ether oxygens (including phenoxy) is 1. The molecule has 0 aliphatic heterocycles. The molecule has 220 valence electrons. The summed E-state index contributed by atoms with van der Waals surface area (Å²) in [5.74, 6) is 1.73. The number of hydrogen-bond donors (Lipinski definition) is 0. The maximum absolute atomic E-state index is 5.75. The van der Waals surface area contributed by atoms with Gasteiger partial charge in [0.15, 0.2) is 0 Å². The molecule has 2 unspecified atom stereocenters. The van der Waals surface area contributed by atoms with Gasteiger partial charge in [0.1, 0.15) is 0 Å². The monoisotopic (exact) mass is 553 g/mol. The van der Waals surface area contributed by atoms with Crippen LogP contribution >= 0.6 is 0 Å². The minimum absolute atomic E-state index is 0.347. The van der Waals surface area contributed by atoms with Crippen molar-refractivity contribution in [3.8, 4) is 11.3 Å². The summed E-state index contributed by atoms with van der Waals surface area (Å²) in [6, 6.07) is 9.96. The molecule has 0 aromatic carbocycles. The van der Waals surface area contributed by atoms with Gasteiger partial charge in [-0.05, 0) is 61.8 Å². The molecule has 2 aromatic heterocycles. The van der Waals surface area contributed by atoms with Crippen LogP contribution in [0.2, 0.25) is 6.04 Å². The molecular formula is C34H59N3OSi. The van der Waals surface area contributed by atoms with Crippen molar-refractivity contribution >= 4 is 14.8 Å². The van der Waals surface area contributed by atoms with Crippen LogP contribution in [0.1, 0.15) is 130 Å². The number of hydrogen-bond acceptors (Lipinski definition) is 4. The second-order valence-corrected chi connectivity index (χ2v) is 13.8. The summed E-state index contributed by atoms with van der Waals surface area (Å²) in [4.78, 5) is 4.67. The van der Waals surface area contributed by atoms with Crippen molar-refractivity contribution in [3.05, 3.63) is 36.2 Å². The lowest BCUT2D eigenvalue weighted by Gasteiger charge is -2.12. The summed E-state index contributed by atoms with van der Waals surface area (Å²) in [6.07, 6.45) is 22.8. The average Bonchev–Trinajstić information content (AvgIpc) is 2.96. The molecule has 39 heavy (non-hydrogen) atoms. The Labute approximate surface area is 243 Å². The van der Waals surface area contributed by atoms with Crippen LogP contribution in [0.25, 0.3) is 11.3 Å². The van der Waals surface area contributed by atoms with Gasteiger partial charge in [-0.1, -0.05) is 111 Å². The first kappa shape index (κ1) is 33.6. The van der Waals surface area contributed by atoms with E-state index in [-0.39, 0.29) is 9.52 Å². The molecule has 0 spiro atoms. The van der Waals surface area contributed by atoms with Gasteiger partial charge in [-0.2, -0.15) is 10.2 Å². The zero-order chi connectivity index (χ0) is 28.0. The van der Waals surface area contributed by atoms with E-state index in [1.54, 1.807) is 0 Å². The molecule has 0 amide bonds. The van der Waals surface area contributed by atoms with Gasteiger partial charge in [0.25, 0.3) is 0 Å². The van der Waals surface area contributed by atoms with Crippen molar-refractivity contribution in [3.63, 3.8) is 0 Å². The summed E-state index contributed by atoms with van der Waals surface area (Å²) >= 11 is 0. The molecule has 0 bridgehead atoms. The first-order valence-electron chi connectivity index (χ1n) is 16.5. The Bertz CT molecular complexity index is 827. The van der Waals surface area contributed by atoms with Gasteiger partial charge in [-0.15, -0.1) is 0 Å². The third-order valence-corrected chi connectivity index (χ3v) is 10.2. The van der Waals surface area contributed by atoms with Gasteiger partial charge in [0, 0.05) is 36.0 Å². The molecule has 5 heteroatoms. The van der Waals surface area contributed by atoms with Crippen molar-refractivity contribution in [2.75, 3.05) is 13.2 Å². The molecule has 0 N–H and O–H groups in total. The normalized spacial score (nSPS) is 13.3. The molecule has 0 fully saturated rings. The van der Waals surface area contributed by atoms with E-state index < -0.39 is 0 Å². The van der Waals surface area contributed by atoms with E-state index in [2.05, 4.69) is 67.1 Å². The molecule has 2 aromatic rings. The van der Waals surface area contributed by atoms with E-state index in [0.717, 1.165) is 61.3 Å². The highest BCUT2D eigenvalue weighted by atomic mass is 28.2. The maximum Gasteiger partial charge on any atom is 0.0944 e. The summed E-state index contributed by atoms with van der Waals surface area (Å²) in [5, 5.41) is 10.4. The van der Waals surface area contributed by atoms with Crippen molar-refractivity contribution in [1.82, 2.24) is 15.2 Å². The van der Waals surface area contributed by atoms with Gasteiger partial charge >= 0.3 is 0 Å². The van der Waals surface area contributed by atoms with Crippen molar-refractivity contribution < 1.29 is 4.74 Å². The fraction of sp³-hybridized carbons (Fsp3) is 0.735. The lowest BCUT2D eigenvalue weighted by Crippen LogP contribution is -2.21. The zero-order valence-electron chi connectivity index (χ0n) is 25.9. The third kappa shape index (κ3) is 16.3. The fourth-order valence-corrected chi connectivity index (χ4v) is 6.73. The Hall–Kier alpha value is -1.59. The molecule has 2 heterocycles. The predicted octanol–water partition coefficient (Wildman–Crippen LogP) is 8.47. The van der Waals surface area contributed by atoms with Crippen LogP contribution in [-0.4, -0.2) is 37.9 Å². The van der Waals surface area contributed by atoms with E-state index in [9.17, 15) is 0 Å². The molecule has 0 aliphatic rings. The van der Waals surface area contributed by atoms with E-state index in [1.807, 2.05) is 6.20 Å². The maximum atomic E-state index is 5.75. The number of pyridine rings is 1. The Balaban J connectivity index is 1.57. The SMILES string of the molecule is CCCCCCOCCCCc1ccc(-c2ccc([SiH2]CC(C)CCCCCC(C)CCCCC)nn2)cn1. The van der Waals surface area contributed by atoms with Crippen LogP contribution in [0.4, 0.5) is 0 Å². The molecule has 0 saturated heterocycles. The number of rotatable bonds is 24. The van der Waals surface area contributed by atoms with Crippen LogP contribution in [-0.2, 0) is 11.2 Å². The number of unbranched alkanes of at least 4 members (excludes halogenated alkanes) is 8.